The second kappa shape index (κ2) is 11.9. The molecule has 0 spiro atoms. The summed E-state index contributed by atoms with van der Waals surface area (Å²) < 4.78 is 3.76. The van der Waals surface area contributed by atoms with Crippen LogP contribution in [0.4, 0.5) is 0 Å². The molecule has 1 saturated carbocycles. The Morgan fingerprint density at radius 2 is 1.92 bits per heavy atom. The third-order valence-corrected chi connectivity index (χ3v) is 8.16. The number of hydrogen-bond acceptors (Lipinski definition) is 6. The van der Waals surface area contributed by atoms with Gasteiger partial charge < -0.3 is 0 Å². The van der Waals surface area contributed by atoms with Gasteiger partial charge in [-0.25, -0.2) is 4.79 Å². The Labute approximate surface area is 228 Å². The van der Waals surface area contributed by atoms with Crippen LogP contribution in [0.1, 0.15) is 76.7 Å². The quantitative estimate of drug-likeness (QED) is 0.302. The number of aromatic nitrogens is 7. The van der Waals surface area contributed by atoms with E-state index in [4.69, 9.17) is 0 Å². The number of carbonyl (C=O) groups is 1. The van der Waals surface area contributed by atoms with Gasteiger partial charge >= 0.3 is 5.69 Å². The van der Waals surface area contributed by atoms with Crippen molar-refractivity contribution in [3.8, 4) is 22.5 Å². The lowest BCUT2D eigenvalue weighted by Crippen LogP contribution is -2.39. The van der Waals surface area contributed by atoms with Crippen LogP contribution < -0.4 is 5.69 Å². The number of Topliss-reactive ketones (excluding diaryl/α,β-unsaturated/α-hetero) is 1. The van der Waals surface area contributed by atoms with E-state index in [1.165, 1.54) is 0 Å². The van der Waals surface area contributed by atoms with Crippen LogP contribution in [-0.4, -0.2) is 40.5 Å². The van der Waals surface area contributed by atoms with Crippen molar-refractivity contribution in [3.63, 3.8) is 0 Å². The minimum atomic E-state index is -0.107. The molecule has 1 N–H and O–H groups in total. The average Bonchev–Trinajstić information content (AvgIpc) is 3.61. The van der Waals surface area contributed by atoms with Crippen molar-refractivity contribution < 1.29 is 4.79 Å². The summed E-state index contributed by atoms with van der Waals surface area (Å²) in [5, 5.41) is 14.3. The lowest BCUT2D eigenvalue weighted by atomic mass is 9.74. The molecule has 5 rings (SSSR count). The van der Waals surface area contributed by atoms with Gasteiger partial charge in [-0.2, -0.15) is 5.21 Å². The molecule has 204 valence electrons. The molecule has 0 bridgehead atoms. The van der Waals surface area contributed by atoms with Gasteiger partial charge in [0.1, 0.15) is 5.78 Å². The van der Waals surface area contributed by atoms with Crippen molar-refractivity contribution in [2.24, 2.45) is 11.8 Å². The molecule has 3 atom stereocenters. The molecule has 39 heavy (non-hydrogen) atoms. The van der Waals surface area contributed by atoms with Gasteiger partial charge in [-0.15, -0.1) is 10.2 Å². The Kier molecular flexibility index (Phi) is 8.14. The van der Waals surface area contributed by atoms with Gasteiger partial charge in [0.2, 0.25) is 5.82 Å². The van der Waals surface area contributed by atoms with Crippen LogP contribution in [0.3, 0.4) is 0 Å². The lowest BCUT2D eigenvalue weighted by Gasteiger charge is -2.37. The van der Waals surface area contributed by atoms with E-state index in [2.05, 4.69) is 39.5 Å². The van der Waals surface area contributed by atoms with Gasteiger partial charge in [0.05, 0.1) is 18.3 Å². The maximum atomic E-state index is 14.0. The van der Waals surface area contributed by atoms with E-state index in [0.29, 0.717) is 18.3 Å². The second-order valence-electron chi connectivity index (χ2n) is 10.7. The number of aromatic amines is 1. The molecular formula is C30H37N7O2. The molecular weight excluding hydrogens is 490 g/mol. The maximum Gasteiger partial charge on any atom is 0.328 e. The first-order chi connectivity index (χ1) is 19.0. The van der Waals surface area contributed by atoms with Crippen LogP contribution in [0.5, 0.6) is 0 Å². The number of benzene rings is 1. The number of aryl methyl sites for hydroxylation is 1. The first kappa shape index (κ1) is 26.7. The fraction of sp³-hybridized carbons (Fsp3) is 0.467. The minimum Gasteiger partial charge on any atom is -0.300 e. The monoisotopic (exact) mass is 527 g/mol. The Bertz CT molecular complexity index is 1470. The molecule has 0 aliphatic heterocycles. The highest BCUT2D eigenvalue weighted by Gasteiger charge is 2.37. The van der Waals surface area contributed by atoms with Gasteiger partial charge in [0.15, 0.2) is 0 Å². The average molecular weight is 528 g/mol. The fourth-order valence-electron chi connectivity index (χ4n) is 6.10. The molecule has 1 aliphatic rings. The number of carbonyl (C=O) groups excluding carboxylic acids is 1. The van der Waals surface area contributed by atoms with Crippen LogP contribution in [0.25, 0.3) is 22.5 Å². The van der Waals surface area contributed by atoms with Crippen molar-refractivity contribution in [2.45, 2.75) is 78.3 Å². The van der Waals surface area contributed by atoms with E-state index in [1.807, 2.05) is 51.7 Å². The Balaban J connectivity index is 1.50. The molecule has 9 heteroatoms. The van der Waals surface area contributed by atoms with Crippen LogP contribution in [0, 0.1) is 11.8 Å². The van der Waals surface area contributed by atoms with Crippen molar-refractivity contribution in [2.75, 3.05) is 0 Å². The van der Waals surface area contributed by atoms with E-state index in [-0.39, 0.29) is 23.4 Å². The third-order valence-electron chi connectivity index (χ3n) is 8.16. The van der Waals surface area contributed by atoms with E-state index in [0.717, 1.165) is 73.0 Å². The molecule has 3 heterocycles. The van der Waals surface area contributed by atoms with E-state index < -0.39 is 0 Å². The predicted octanol–water partition coefficient (Wildman–Crippen LogP) is 5.24. The largest absolute Gasteiger partial charge is 0.328 e. The molecule has 1 aromatic carbocycles. The SMILES string of the molecule is CCCCc1cn(C2C(CC)CCCC2C(C)=O)c(=O)n1Cc1cc(-c2cccc(-c3nn[nH]n3)c2)ccn1. The van der Waals surface area contributed by atoms with Crippen LogP contribution in [0.2, 0.25) is 0 Å². The van der Waals surface area contributed by atoms with Gasteiger partial charge in [-0.05, 0) is 73.1 Å². The summed E-state index contributed by atoms with van der Waals surface area (Å²) in [5.74, 6) is 0.944. The van der Waals surface area contributed by atoms with Crippen molar-refractivity contribution in [1.29, 1.82) is 0 Å². The zero-order valence-electron chi connectivity index (χ0n) is 23.0. The summed E-state index contributed by atoms with van der Waals surface area (Å²) in [4.78, 5) is 31.2. The first-order valence-corrected chi connectivity index (χ1v) is 14.1. The Hall–Kier alpha value is -3.88. The zero-order valence-corrected chi connectivity index (χ0v) is 23.0. The van der Waals surface area contributed by atoms with Gasteiger partial charge in [0, 0.05) is 29.6 Å². The number of H-pyrrole nitrogens is 1. The van der Waals surface area contributed by atoms with Crippen molar-refractivity contribution >= 4 is 5.78 Å². The summed E-state index contributed by atoms with van der Waals surface area (Å²) in [6.45, 7) is 6.40. The standard InChI is InChI=1S/C30H37N7O2/c1-4-6-12-26-19-37(28-21(5-2)9-8-13-27(28)20(3)38)30(39)36(26)18-25-17-23(14-15-31-25)22-10-7-11-24(16-22)29-32-34-35-33-29/h7,10-11,14-17,19,21,27-28H,4-6,8-9,12-13,18H2,1-3H3,(H,32,33,34,35). The highest BCUT2D eigenvalue weighted by atomic mass is 16.2. The number of imidazole rings is 1. The third kappa shape index (κ3) is 5.62. The topological polar surface area (TPSA) is 111 Å². The first-order valence-electron chi connectivity index (χ1n) is 14.1. The van der Waals surface area contributed by atoms with E-state index in [9.17, 15) is 9.59 Å². The number of unbranched alkanes of at least 4 members (excludes halogenated alkanes) is 1. The highest BCUT2D eigenvalue weighted by Crippen LogP contribution is 2.40. The van der Waals surface area contributed by atoms with Gasteiger partial charge in [0.25, 0.3) is 0 Å². The molecule has 9 nitrogen and oxygen atoms in total. The summed E-state index contributed by atoms with van der Waals surface area (Å²) in [5.41, 5.74) is 4.67. The molecule has 1 aliphatic carbocycles. The zero-order chi connectivity index (χ0) is 27.4. The number of nitrogens with one attached hydrogen (secondary N) is 1. The molecule has 1 fully saturated rings. The molecule has 0 amide bonds. The summed E-state index contributed by atoms with van der Waals surface area (Å²) in [6, 6.07) is 11.9. The van der Waals surface area contributed by atoms with E-state index >= 15 is 0 Å². The van der Waals surface area contributed by atoms with Gasteiger partial charge in [-0.3, -0.25) is 18.9 Å². The summed E-state index contributed by atoms with van der Waals surface area (Å²) in [6.07, 6.45) is 10.6. The molecule has 0 radical (unpaired) electrons. The predicted molar refractivity (Wildman–Crippen MR) is 150 cm³/mol. The molecule has 3 unspecified atom stereocenters. The van der Waals surface area contributed by atoms with Crippen LogP contribution >= 0.6 is 0 Å². The Morgan fingerprint density at radius 3 is 2.67 bits per heavy atom. The molecule has 3 aromatic heterocycles. The Morgan fingerprint density at radius 1 is 1.10 bits per heavy atom. The van der Waals surface area contributed by atoms with Crippen molar-refractivity contribution in [3.05, 3.63) is 70.7 Å². The van der Waals surface area contributed by atoms with E-state index in [1.54, 1.807) is 13.1 Å². The maximum absolute atomic E-state index is 14.0. The van der Waals surface area contributed by atoms with Crippen LogP contribution in [-0.2, 0) is 17.8 Å². The normalized spacial score (nSPS) is 19.3. The van der Waals surface area contributed by atoms with Gasteiger partial charge in [-0.1, -0.05) is 51.3 Å². The number of tetrazole rings is 1. The summed E-state index contributed by atoms with van der Waals surface area (Å²) >= 11 is 0. The highest BCUT2D eigenvalue weighted by molar-refractivity contribution is 5.79. The smallest absolute Gasteiger partial charge is 0.300 e. The number of hydrogen-bond donors (Lipinski definition) is 1. The molecule has 4 aromatic rings. The summed E-state index contributed by atoms with van der Waals surface area (Å²) in [7, 11) is 0. The van der Waals surface area contributed by atoms with Crippen molar-refractivity contribution in [1.82, 2.24) is 34.7 Å². The fourth-order valence-corrected chi connectivity index (χ4v) is 6.10. The van der Waals surface area contributed by atoms with Crippen LogP contribution in [0.15, 0.2) is 53.6 Å². The number of ketones is 1. The minimum absolute atomic E-state index is 0.0380. The number of pyridine rings is 1. The molecule has 0 saturated heterocycles. The number of nitrogens with zero attached hydrogens (tertiary/aromatic N) is 6. The second-order valence-corrected chi connectivity index (χ2v) is 10.7. The lowest BCUT2D eigenvalue weighted by molar-refractivity contribution is -0.124. The number of rotatable bonds is 10.